The molecule has 2 N–H and O–H groups in total. The Morgan fingerprint density at radius 2 is 1.53 bits per heavy atom. The van der Waals surface area contributed by atoms with E-state index in [1.807, 2.05) is 0 Å². The van der Waals surface area contributed by atoms with Gasteiger partial charge in [-0.15, -0.1) is 0 Å². The van der Waals surface area contributed by atoms with Gasteiger partial charge in [-0.1, -0.05) is 86.6 Å². The van der Waals surface area contributed by atoms with E-state index in [4.69, 9.17) is 24.4 Å². The number of phenolic OH excluding ortho intramolecular Hbond substituents is 1. The standard InChI is InChI=1S/C39H51N5OS2/c1-29(2)22-34-25-40-38(46)43(34)27-33-14-9-20-41(33)26-35(23-31-12-7-4-8-13-31)44-28-36(24-32-15-17-37(45)18-16-32)42(39(44)47)21-19-30-10-5-3-6-11-30/h3-8,10-13,15-18,29,33-36,45H,9,14,19-28H2,1-2H3,(H,40,46)/t33-,34+,35+,36+/m1/s1. The molecule has 3 fully saturated rings. The molecule has 0 spiro atoms. The number of aromatic hydroxyl groups is 1. The Morgan fingerprint density at radius 1 is 0.830 bits per heavy atom. The van der Waals surface area contributed by atoms with Crippen LogP contribution < -0.4 is 5.32 Å². The number of nitrogens with zero attached hydrogens (tertiary/aromatic N) is 4. The minimum absolute atomic E-state index is 0.268. The van der Waals surface area contributed by atoms with E-state index in [1.54, 1.807) is 12.1 Å². The number of hydrogen-bond acceptors (Lipinski definition) is 4. The Bertz CT molecular complexity index is 1450. The lowest BCUT2D eigenvalue weighted by molar-refractivity contribution is 0.156. The number of phenols is 1. The number of hydrogen-bond donors (Lipinski definition) is 2. The van der Waals surface area contributed by atoms with Crippen LogP contribution in [-0.4, -0.2) is 98.4 Å². The van der Waals surface area contributed by atoms with Crippen molar-refractivity contribution in [2.24, 2.45) is 5.92 Å². The van der Waals surface area contributed by atoms with Crippen LogP contribution in [0.25, 0.3) is 0 Å². The third kappa shape index (κ3) is 8.64. The van der Waals surface area contributed by atoms with Crippen molar-refractivity contribution in [2.45, 2.75) is 76.5 Å². The van der Waals surface area contributed by atoms with Gasteiger partial charge in [0.1, 0.15) is 5.75 Å². The second kappa shape index (κ2) is 15.8. The topological polar surface area (TPSA) is 45.2 Å². The highest BCUT2D eigenvalue weighted by Crippen LogP contribution is 2.29. The summed E-state index contributed by atoms with van der Waals surface area (Å²) < 4.78 is 0. The summed E-state index contributed by atoms with van der Waals surface area (Å²) in [6.07, 6.45) is 6.42. The molecule has 0 aromatic heterocycles. The molecule has 4 atom stereocenters. The first-order valence-electron chi connectivity index (χ1n) is 17.6. The predicted octanol–water partition coefficient (Wildman–Crippen LogP) is 6.13. The maximum atomic E-state index is 9.93. The maximum absolute atomic E-state index is 9.93. The van der Waals surface area contributed by atoms with Gasteiger partial charge in [0.25, 0.3) is 0 Å². The van der Waals surface area contributed by atoms with Crippen LogP contribution >= 0.6 is 24.4 Å². The fourth-order valence-corrected chi connectivity index (χ4v) is 8.62. The average Bonchev–Trinajstić information content (AvgIpc) is 3.75. The van der Waals surface area contributed by atoms with Crippen molar-refractivity contribution in [3.63, 3.8) is 0 Å². The zero-order valence-corrected chi connectivity index (χ0v) is 29.6. The van der Waals surface area contributed by atoms with Gasteiger partial charge >= 0.3 is 0 Å². The van der Waals surface area contributed by atoms with Crippen LogP contribution in [0.4, 0.5) is 0 Å². The van der Waals surface area contributed by atoms with Crippen molar-refractivity contribution >= 4 is 34.7 Å². The lowest BCUT2D eigenvalue weighted by Crippen LogP contribution is -2.51. The van der Waals surface area contributed by atoms with Crippen molar-refractivity contribution in [3.8, 4) is 5.75 Å². The lowest BCUT2D eigenvalue weighted by Gasteiger charge is -2.37. The lowest BCUT2D eigenvalue weighted by atomic mass is 10.0. The van der Waals surface area contributed by atoms with Gasteiger partial charge in [0.15, 0.2) is 10.2 Å². The molecule has 0 saturated carbocycles. The number of likely N-dealkylation sites (tertiary alicyclic amines) is 1. The van der Waals surface area contributed by atoms with Gasteiger partial charge in [-0.25, -0.2) is 0 Å². The average molecular weight is 670 g/mol. The molecule has 3 aliphatic rings. The van der Waals surface area contributed by atoms with Gasteiger partial charge in [0, 0.05) is 50.8 Å². The van der Waals surface area contributed by atoms with E-state index in [2.05, 4.69) is 112 Å². The molecule has 0 bridgehead atoms. The first-order chi connectivity index (χ1) is 22.8. The van der Waals surface area contributed by atoms with Crippen LogP contribution in [0.15, 0.2) is 84.9 Å². The Balaban J connectivity index is 1.23. The quantitative estimate of drug-likeness (QED) is 0.199. The summed E-state index contributed by atoms with van der Waals surface area (Å²) in [5.74, 6) is 0.956. The SMILES string of the molecule is CC(C)C[C@H]1CNC(=S)N1C[C@H]1CCCN1C[C@H](Cc1ccccc1)N1C[C@H](Cc2ccc(O)cc2)N(CCc2ccccc2)C1=S. The van der Waals surface area contributed by atoms with E-state index in [1.165, 1.54) is 36.0 Å². The minimum atomic E-state index is 0.268. The molecule has 8 heteroatoms. The molecule has 6 rings (SSSR count). The van der Waals surface area contributed by atoms with Gasteiger partial charge in [0.2, 0.25) is 0 Å². The molecule has 250 valence electrons. The Labute approximate surface area is 292 Å². The molecule has 3 aliphatic heterocycles. The number of thiocarbonyl (C=S) groups is 2. The van der Waals surface area contributed by atoms with Crippen LogP contribution in [0.1, 0.15) is 49.8 Å². The molecule has 3 heterocycles. The van der Waals surface area contributed by atoms with E-state index in [0.29, 0.717) is 23.8 Å². The van der Waals surface area contributed by atoms with E-state index < -0.39 is 0 Å². The highest BCUT2D eigenvalue weighted by Gasteiger charge is 2.40. The van der Waals surface area contributed by atoms with Crippen molar-refractivity contribution in [1.29, 1.82) is 0 Å². The van der Waals surface area contributed by atoms with E-state index >= 15 is 0 Å². The first kappa shape index (κ1) is 33.7. The molecule has 0 amide bonds. The van der Waals surface area contributed by atoms with Crippen LogP contribution in [0.3, 0.4) is 0 Å². The van der Waals surface area contributed by atoms with Crippen molar-refractivity contribution in [2.75, 3.05) is 39.3 Å². The zero-order valence-electron chi connectivity index (χ0n) is 28.0. The second-order valence-electron chi connectivity index (χ2n) is 14.1. The fourth-order valence-electron chi connectivity index (χ4n) is 7.85. The number of rotatable bonds is 14. The van der Waals surface area contributed by atoms with Gasteiger partial charge in [-0.05, 0) is 104 Å². The molecular formula is C39H51N5OS2. The summed E-state index contributed by atoms with van der Waals surface area (Å²) >= 11 is 12.2. The highest BCUT2D eigenvalue weighted by molar-refractivity contribution is 7.80. The number of nitrogens with one attached hydrogen (secondary N) is 1. The summed E-state index contributed by atoms with van der Waals surface area (Å²) in [6.45, 7) is 10.5. The third-order valence-corrected chi connectivity index (χ3v) is 11.1. The normalized spacial score (nSPS) is 22.4. The summed E-state index contributed by atoms with van der Waals surface area (Å²) in [5, 5.41) is 15.3. The second-order valence-corrected chi connectivity index (χ2v) is 14.9. The molecule has 3 aromatic carbocycles. The predicted molar refractivity (Wildman–Crippen MR) is 201 cm³/mol. The Hall–Kier alpha value is -3.20. The number of benzene rings is 3. The maximum Gasteiger partial charge on any atom is 0.172 e. The summed E-state index contributed by atoms with van der Waals surface area (Å²) in [6, 6.07) is 30.9. The first-order valence-corrected chi connectivity index (χ1v) is 18.4. The molecule has 0 radical (unpaired) electrons. The van der Waals surface area contributed by atoms with Crippen molar-refractivity contribution in [1.82, 2.24) is 24.9 Å². The smallest absolute Gasteiger partial charge is 0.172 e. The molecule has 47 heavy (non-hydrogen) atoms. The highest BCUT2D eigenvalue weighted by atomic mass is 32.1. The van der Waals surface area contributed by atoms with E-state index in [9.17, 15) is 5.11 Å². The minimum Gasteiger partial charge on any atom is -0.508 e. The molecule has 3 saturated heterocycles. The van der Waals surface area contributed by atoms with E-state index in [-0.39, 0.29) is 12.1 Å². The monoisotopic (exact) mass is 669 g/mol. The van der Waals surface area contributed by atoms with Gasteiger partial charge in [0.05, 0.1) is 6.04 Å². The molecule has 3 aromatic rings. The Kier molecular flexibility index (Phi) is 11.3. The summed E-state index contributed by atoms with van der Waals surface area (Å²) in [5.41, 5.74) is 3.92. The van der Waals surface area contributed by atoms with Crippen LogP contribution in [0.5, 0.6) is 5.75 Å². The van der Waals surface area contributed by atoms with Gasteiger partial charge in [-0.3, -0.25) is 4.90 Å². The van der Waals surface area contributed by atoms with Gasteiger partial charge in [-0.2, -0.15) is 0 Å². The van der Waals surface area contributed by atoms with Crippen molar-refractivity contribution < 1.29 is 5.11 Å². The summed E-state index contributed by atoms with van der Waals surface area (Å²) in [4.78, 5) is 10.3. The van der Waals surface area contributed by atoms with Crippen LogP contribution in [0.2, 0.25) is 0 Å². The fraction of sp³-hybridized carbons (Fsp3) is 0.487. The van der Waals surface area contributed by atoms with E-state index in [0.717, 1.165) is 68.8 Å². The largest absolute Gasteiger partial charge is 0.508 e. The molecule has 0 aliphatic carbocycles. The van der Waals surface area contributed by atoms with Crippen molar-refractivity contribution in [3.05, 3.63) is 102 Å². The van der Waals surface area contributed by atoms with Gasteiger partial charge < -0.3 is 25.1 Å². The zero-order chi connectivity index (χ0) is 32.8. The molecule has 6 nitrogen and oxygen atoms in total. The molecule has 0 unspecified atom stereocenters. The third-order valence-electron chi connectivity index (χ3n) is 10.3. The molecular weight excluding hydrogens is 619 g/mol. The van der Waals surface area contributed by atoms with Crippen LogP contribution in [-0.2, 0) is 19.3 Å². The van der Waals surface area contributed by atoms with Crippen LogP contribution in [0, 0.1) is 5.92 Å². The summed E-state index contributed by atoms with van der Waals surface area (Å²) in [7, 11) is 0. The Morgan fingerprint density at radius 3 is 2.23 bits per heavy atom.